The number of H-pyrrole nitrogens is 1. The first-order valence-corrected chi connectivity index (χ1v) is 9.95. The summed E-state index contributed by atoms with van der Waals surface area (Å²) in [7, 11) is 0. The van der Waals surface area contributed by atoms with Crippen molar-refractivity contribution in [2.24, 2.45) is 5.10 Å². The van der Waals surface area contributed by atoms with Gasteiger partial charge in [-0.3, -0.25) is 0 Å². The number of hydrazone groups is 1. The van der Waals surface area contributed by atoms with E-state index in [4.69, 9.17) is 4.98 Å². The van der Waals surface area contributed by atoms with Crippen LogP contribution in [0.25, 0.3) is 33.1 Å². The van der Waals surface area contributed by atoms with Gasteiger partial charge < -0.3 is 4.98 Å². The second kappa shape index (κ2) is 7.48. The van der Waals surface area contributed by atoms with E-state index in [9.17, 15) is 0 Å². The fraction of sp³-hybridized carbons (Fsp3) is 0. The summed E-state index contributed by atoms with van der Waals surface area (Å²) in [5.41, 5.74) is 7.81. The van der Waals surface area contributed by atoms with Gasteiger partial charge in [0.25, 0.3) is 0 Å². The Bertz CT molecular complexity index is 1340. The van der Waals surface area contributed by atoms with E-state index in [2.05, 4.69) is 42.5 Å². The number of hydrogen-bond donors (Lipinski definition) is 2. The number of nitrogens with one attached hydrogen (secondary N) is 2. The summed E-state index contributed by atoms with van der Waals surface area (Å²) in [6.07, 6.45) is 3.71. The molecule has 6 heteroatoms. The Morgan fingerprint density at radius 1 is 0.897 bits per heavy atom. The molecule has 2 N–H and O–H groups in total. The summed E-state index contributed by atoms with van der Waals surface area (Å²) < 4.78 is 0.990. The molecule has 0 unspecified atom stereocenters. The summed E-state index contributed by atoms with van der Waals surface area (Å²) >= 11 is 3.54. The molecular weight excluding hydrogens is 426 g/mol. The topological polar surface area (TPSA) is 66.0 Å². The van der Waals surface area contributed by atoms with Crippen molar-refractivity contribution in [3.8, 4) is 11.3 Å². The monoisotopic (exact) mass is 441 g/mol. The number of halogens is 1. The van der Waals surface area contributed by atoms with Crippen molar-refractivity contribution in [3.63, 3.8) is 0 Å². The van der Waals surface area contributed by atoms with E-state index < -0.39 is 0 Å². The Labute approximate surface area is 175 Å². The molecule has 0 saturated heterocycles. The van der Waals surface area contributed by atoms with E-state index in [1.165, 1.54) is 0 Å². The number of hydrogen-bond acceptors (Lipinski definition) is 4. The van der Waals surface area contributed by atoms with Crippen molar-refractivity contribution in [2.45, 2.75) is 0 Å². The fourth-order valence-corrected chi connectivity index (χ4v) is 3.69. The molecule has 0 saturated carbocycles. The van der Waals surface area contributed by atoms with Gasteiger partial charge >= 0.3 is 0 Å². The molecule has 29 heavy (non-hydrogen) atoms. The predicted molar refractivity (Wildman–Crippen MR) is 122 cm³/mol. The molecule has 2 aromatic heterocycles. The summed E-state index contributed by atoms with van der Waals surface area (Å²) in [5.74, 6) is 0.453. The van der Waals surface area contributed by atoms with Gasteiger partial charge in [0.15, 0.2) is 0 Å². The van der Waals surface area contributed by atoms with Crippen LogP contribution in [-0.2, 0) is 0 Å². The SMILES string of the molecule is Brc1ccc2nc(N/N=C/c3c[nH]c4ccccc34)nc(-c3ccccc3)c2c1. The highest BCUT2D eigenvalue weighted by atomic mass is 79.9. The third-order valence-electron chi connectivity index (χ3n) is 4.69. The first kappa shape index (κ1) is 17.6. The van der Waals surface area contributed by atoms with E-state index in [-0.39, 0.29) is 0 Å². The van der Waals surface area contributed by atoms with E-state index >= 15 is 0 Å². The zero-order chi connectivity index (χ0) is 19.6. The molecule has 140 valence electrons. The first-order valence-electron chi connectivity index (χ1n) is 9.16. The van der Waals surface area contributed by atoms with Crippen LogP contribution in [0.3, 0.4) is 0 Å². The summed E-state index contributed by atoms with van der Waals surface area (Å²) in [5, 5.41) is 6.47. The minimum atomic E-state index is 0.453. The lowest BCUT2D eigenvalue weighted by molar-refractivity contribution is 1.16. The van der Waals surface area contributed by atoms with Gasteiger partial charge in [0.2, 0.25) is 5.95 Å². The maximum atomic E-state index is 4.73. The summed E-state index contributed by atoms with van der Waals surface area (Å²) in [6.45, 7) is 0. The molecule has 0 aliphatic heterocycles. The van der Waals surface area contributed by atoms with Crippen LogP contribution in [0.4, 0.5) is 5.95 Å². The Kier molecular flexibility index (Phi) is 4.54. The van der Waals surface area contributed by atoms with Crippen molar-refractivity contribution in [1.82, 2.24) is 15.0 Å². The molecule has 5 rings (SSSR count). The minimum absolute atomic E-state index is 0.453. The molecule has 0 aliphatic rings. The van der Waals surface area contributed by atoms with Crippen molar-refractivity contribution in [2.75, 3.05) is 5.43 Å². The van der Waals surface area contributed by atoms with Crippen molar-refractivity contribution >= 4 is 49.9 Å². The number of rotatable bonds is 4. The highest BCUT2D eigenvalue weighted by molar-refractivity contribution is 9.10. The summed E-state index contributed by atoms with van der Waals surface area (Å²) in [6, 6.07) is 24.2. The number of fused-ring (bicyclic) bond motifs is 2. The average molecular weight is 442 g/mol. The van der Waals surface area contributed by atoms with Crippen LogP contribution < -0.4 is 5.43 Å². The largest absolute Gasteiger partial charge is 0.361 e. The molecule has 0 radical (unpaired) electrons. The van der Waals surface area contributed by atoms with Gasteiger partial charge in [0.1, 0.15) is 0 Å². The van der Waals surface area contributed by atoms with Crippen LogP contribution in [-0.4, -0.2) is 21.2 Å². The van der Waals surface area contributed by atoms with Crippen molar-refractivity contribution in [1.29, 1.82) is 0 Å². The molecule has 0 spiro atoms. The van der Waals surface area contributed by atoms with Crippen molar-refractivity contribution < 1.29 is 0 Å². The zero-order valence-electron chi connectivity index (χ0n) is 15.3. The summed E-state index contributed by atoms with van der Waals surface area (Å²) in [4.78, 5) is 12.6. The Hall–Kier alpha value is -3.51. The molecular formula is C23H16BrN5. The molecule has 5 nitrogen and oxygen atoms in total. The minimum Gasteiger partial charge on any atom is -0.361 e. The number of nitrogens with zero attached hydrogens (tertiary/aromatic N) is 3. The van der Waals surface area contributed by atoms with Gasteiger partial charge in [-0.15, -0.1) is 0 Å². The lowest BCUT2D eigenvalue weighted by Crippen LogP contribution is -1.99. The third kappa shape index (κ3) is 3.50. The molecule has 0 aliphatic carbocycles. The second-order valence-corrected chi connectivity index (χ2v) is 7.50. The number of aromatic nitrogens is 3. The Balaban J connectivity index is 1.53. The highest BCUT2D eigenvalue weighted by Crippen LogP contribution is 2.29. The smallest absolute Gasteiger partial charge is 0.244 e. The Morgan fingerprint density at radius 3 is 2.62 bits per heavy atom. The molecule has 0 bridgehead atoms. The first-order chi connectivity index (χ1) is 14.3. The van der Waals surface area contributed by atoms with Crippen LogP contribution in [0, 0.1) is 0 Å². The van der Waals surface area contributed by atoms with Crippen LogP contribution in [0.2, 0.25) is 0 Å². The van der Waals surface area contributed by atoms with Gasteiger partial charge in [-0.25, -0.2) is 15.4 Å². The number of benzene rings is 3. The molecule has 5 aromatic rings. The van der Waals surface area contributed by atoms with Gasteiger partial charge in [0.05, 0.1) is 17.4 Å². The molecule has 2 heterocycles. The molecule has 0 fully saturated rings. The lowest BCUT2D eigenvalue weighted by atomic mass is 10.1. The lowest BCUT2D eigenvalue weighted by Gasteiger charge is -2.09. The predicted octanol–water partition coefficient (Wildman–Crippen LogP) is 5.99. The highest BCUT2D eigenvalue weighted by Gasteiger charge is 2.10. The Morgan fingerprint density at radius 2 is 1.72 bits per heavy atom. The van der Waals surface area contributed by atoms with Crippen LogP contribution >= 0.6 is 15.9 Å². The molecule has 0 atom stereocenters. The number of anilines is 1. The van der Waals surface area contributed by atoms with E-state index in [0.717, 1.165) is 43.1 Å². The zero-order valence-corrected chi connectivity index (χ0v) is 16.9. The molecule has 0 amide bonds. The average Bonchev–Trinajstić information content (AvgIpc) is 3.17. The van der Waals surface area contributed by atoms with Gasteiger partial charge in [-0.2, -0.15) is 5.10 Å². The van der Waals surface area contributed by atoms with Crippen LogP contribution in [0.1, 0.15) is 5.56 Å². The normalized spacial score (nSPS) is 11.5. The van der Waals surface area contributed by atoms with Gasteiger partial charge in [-0.05, 0) is 24.3 Å². The van der Waals surface area contributed by atoms with Crippen LogP contribution in [0.5, 0.6) is 0 Å². The molecule has 3 aromatic carbocycles. The van der Waals surface area contributed by atoms with E-state index in [1.807, 2.05) is 72.9 Å². The maximum absolute atomic E-state index is 4.73. The quantitative estimate of drug-likeness (QED) is 0.266. The third-order valence-corrected chi connectivity index (χ3v) is 5.19. The van der Waals surface area contributed by atoms with Crippen molar-refractivity contribution in [3.05, 3.63) is 89.0 Å². The standard InChI is InChI=1S/C23H16BrN5/c24-17-10-11-21-19(12-17)22(15-6-2-1-3-7-15)28-23(27-21)29-26-14-16-13-25-20-9-5-4-8-18(16)20/h1-14,25H,(H,27,28,29)/b26-14+. The second-order valence-electron chi connectivity index (χ2n) is 6.58. The van der Waals surface area contributed by atoms with Gasteiger partial charge in [0, 0.05) is 38.1 Å². The van der Waals surface area contributed by atoms with E-state index in [1.54, 1.807) is 6.21 Å². The van der Waals surface area contributed by atoms with Gasteiger partial charge in [-0.1, -0.05) is 64.5 Å². The maximum Gasteiger partial charge on any atom is 0.244 e. The number of para-hydroxylation sites is 1. The van der Waals surface area contributed by atoms with Crippen LogP contribution in [0.15, 0.2) is 88.6 Å². The van der Waals surface area contributed by atoms with E-state index in [0.29, 0.717) is 5.95 Å². The number of aromatic amines is 1. The fourth-order valence-electron chi connectivity index (χ4n) is 3.33.